The van der Waals surface area contributed by atoms with Gasteiger partial charge in [0, 0.05) is 12.7 Å². The first kappa shape index (κ1) is 19.1. The Kier molecular flexibility index (Phi) is 6.98. The van der Waals surface area contributed by atoms with Gasteiger partial charge in [0.1, 0.15) is 5.25 Å². The third-order valence-electron chi connectivity index (χ3n) is 4.00. The third-order valence-corrected chi connectivity index (χ3v) is 5.12. The number of hydrogen-bond donors (Lipinski definition) is 2. The van der Waals surface area contributed by atoms with Crippen LogP contribution < -0.4 is 10.7 Å². The molecule has 0 fully saturated rings. The molecular formula is C20H23N5OS. The van der Waals surface area contributed by atoms with E-state index in [0.717, 1.165) is 31.4 Å². The Balaban J connectivity index is 1.80. The van der Waals surface area contributed by atoms with Gasteiger partial charge in [-0.05, 0) is 24.1 Å². The molecule has 140 valence electrons. The largest absolute Gasteiger partial charge is 0.323 e. The SMILES string of the molecule is CCCCCN=C1NN=C(c2ccccc2)[C@@H](C(=O)Nc2cccnc2)S1. The minimum absolute atomic E-state index is 0.140. The maximum absolute atomic E-state index is 12.9. The van der Waals surface area contributed by atoms with Crippen LogP contribution in [-0.4, -0.2) is 33.6 Å². The first-order valence-corrected chi connectivity index (χ1v) is 9.97. The molecule has 2 N–H and O–H groups in total. The molecule has 27 heavy (non-hydrogen) atoms. The second-order valence-corrected chi connectivity index (χ2v) is 7.19. The summed E-state index contributed by atoms with van der Waals surface area (Å²) in [5.41, 5.74) is 5.26. The van der Waals surface area contributed by atoms with Gasteiger partial charge in [-0.2, -0.15) is 5.10 Å². The summed E-state index contributed by atoms with van der Waals surface area (Å²) in [6, 6.07) is 13.3. The molecule has 0 radical (unpaired) electrons. The monoisotopic (exact) mass is 381 g/mol. The first-order valence-electron chi connectivity index (χ1n) is 9.09. The average molecular weight is 382 g/mol. The minimum atomic E-state index is -0.487. The lowest BCUT2D eigenvalue weighted by Gasteiger charge is -2.23. The number of rotatable bonds is 7. The van der Waals surface area contributed by atoms with Gasteiger partial charge in [-0.3, -0.25) is 20.2 Å². The van der Waals surface area contributed by atoms with Crippen LogP contribution in [0.3, 0.4) is 0 Å². The zero-order valence-corrected chi connectivity index (χ0v) is 16.1. The van der Waals surface area contributed by atoms with Crippen molar-refractivity contribution in [2.75, 3.05) is 11.9 Å². The molecule has 1 aromatic heterocycles. The second-order valence-electron chi connectivity index (χ2n) is 6.10. The van der Waals surface area contributed by atoms with Crippen LogP contribution in [0.5, 0.6) is 0 Å². The molecule has 1 aliphatic rings. The standard InChI is InChI=1S/C20H23N5OS/c1-2-3-7-13-22-20-25-24-17(15-9-5-4-6-10-15)18(27-20)19(26)23-16-11-8-12-21-14-16/h4-6,8-12,14,18H,2-3,7,13H2,1H3,(H,22,25)(H,23,26)/t18-/m0/s1. The average Bonchev–Trinajstić information content (AvgIpc) is 2.72. The molecule has 1 amide bonds. The Morgan fingerprint density at radius 3 is 2.81 bits per heavy atom. The summed E-state index contributed by atoms with van der Waals surface area (Å²) in [5, 5.41) is 7.58. The molecule has 3 rings (SSSR count). The highest BCUT2D eigenvalue weighted by atomic mass is 32.2. The van der Waals surface area contributed by atoms with E-state index < -0.39 is 5.25 Å². The predicted octanol–water partition coefficient (Wildman–Crippen LogP) is 3.68. The van der Waals surface area contributed by atoms with Crippen molar-refractivity contribution in [3.63, 3.8) is 0 Å². The summed E-state index contributed by atoms with van der Waals surface area (Å²) < 4.78 is 0. The van der Waals surface area contributed by atoms with Crippen molar-refractivity contribution in [2.45, 2.75) is 31.4 Å². The molecule has 0 spiro atoms. The maximum atomic E-state index is 12.9. The van der Waals surface area contributed by atoms with Crippen LogP contribution in [0, 0.1) is 0 Å². The van der Waals surface area contributed by atoms with Gasteiger partial charge in [-0.25, -0.2) is 0 Å². The minimum Gasteiger partial charge on any atom is -0.323 e. The zero-order chi connectivity index (χ0) is 18.9. The van der Waals surface area contributed by atoms with Crippen LogP contribution in [0.1, 0.15) is 31.7 Å². The number of aromatic nitrogens is 1. The number of nitrogens with zero attached hydrogens (tertiary/aromatic N) is 3. The Bertz CT molecular complexity index is 808. The molecule has 0 saturated carbocycles. The fourth-order valence-corrected chi connectivity index (χ4v) is 3.58. The van der Waals surface area contributed by atoms with Gasteiger partial charge < -0.3 is 5.32 Å². The molecule has 0 saturated heterocycles. The smallest absolute Gasteiger partial charge is 0.244 e. The maximum Gasteiger partial charge on any atom is 0.244 e. The van der Waals surface area contributed by atoms with E-state index in [1.54, 1.807) is 18.5 Å². The number of carbonyl (C=O) groups excluding carboxylic acids is 1. The summed E-state index contributed by atoms with van der Waals surface area (Å²) in [7, 11) is 0. The number of hydrazone groups is 1. The van der Waals surface area contributed by atoms with Crippen LogP contribution in [0.15, 0.2) is 65.0 Å². The summed E-state index contributed by atoms with van der Waals surface area (Å²) in [6.07, 6.45) is 6.63. The molecule has 2 heterocycles. The third kappa shape index (κ3) is 5.40. The lowest BCUT2D eigenvalue weighted by atomic mass is 10.1. The number of hydrogen-bond acceptors (Lipinski definition) is 5. The zero-order valence-electron chi connectivity index (χ0n) is 15.3. The van der Waals surface area contributed by atoms with Crippen molar-refractivity contribution in [1.29, 1.82) is 0 Å². The van der Waals surface area contributed by atoms with Gasteiger partial charge >= 0.3 is 0 Å². The summed E-state index contributed by atoms with van der Waals surface area (Å²) in [4.78, 5) is 21.6. The molecule has 7 heteroatoms. The van der Waals surface area contributed by atoms with Crippen molar-refractivity contribution < 1.29 is 4.79 Å². The van der Waals surface area contributed by atoms with Crippen LogP contribution in [0.25, 0.3) is 0 Å². The Morgan fingerprint density at radius 1 is 1.22 bits per heavy atom. The quantitative estimate of drug-likeness (QED) is 0.717. The predicted molar refractivity (Wildman–Crippen MR) is 112 cm³/mol. The van der Waals surface area contributed by atoms with E-state index in [2.05, 4.69) is 32.7 Å². The van der Waals surface area contributed by atoms with E-state index in [4.69, 9.17) is 0 Å². The van der Waals surface area contributed by atoms with E-state index in [1.165, 1.54) is 11.8 Å². The summed E-state index contributed by atoms with van der Waals surface area (Å²) in [6.45, 7) is 2.90. The number of amides is 1. The lowest BCUT2D eigenvalue weighted by Crippen LogP contribution is -2.40. The van der Waals surface area contributed by atoms with Crippen molar-refractivity contribution >= 4 is 34.2 Å². The topological polar surface area (TPSA) is 78.7 Å². The van der Waals surface area contributed by atoms with E-state index in [9.17, 15) is 4.79 Å². The van der Waals surface area contributed by atoms with Crippen molar-refractivity contribution in [1.82, 2.24) is 10.4 Å². The van der Waals surface area contributed by atoms with Crippen molar-refractivity contribution in [2.24, 2.45) is 10.1 Å². The number of nitrogens with one attached hydrogen (secondary N) is 2. The highest BCUT2D eigenvalue weighted by Crippen LogP contribution is 2.24. The molecule has 0 aliphatic carbocycles. The summed E-state index contributed by atoms with van der Waals surface area (Å²) >= 11 is 1.40. The number of benzene rings is 1. The van der Waals surface area contributed by atoms with Gasteiger partial charge in [0.15, 0.2) is 5.17 Å². The fourth-order valence-electron chi connectivity index (χ4n) is 2.62. The second kappa shape index (κ2) is 9.87. The van der Waals surface area contributed by atoms with Gasteiger partial charge in [-0.15, -0.1) is 0 Å². The van der Waals surface area contributed by atoms with Gasteiger partial charge in [0.05, 0.1) is 17.6 Å². The fraction of sp³-hybridized carbons (Fsp3) is 0.300. The number of anilines is 1. The molecule has 1 aromatic carbocycles. The highest BCUT2D eigenvalue weighted by molar-refractivity contribution is 8.15. The van der Waals surface area contributed by atoms with E-state index in [-0.39, 0.29) is 5.91 Å². The van der Waals surface area contributed by atoms with Crippen LogP contribution in [0.4, 0.5) is 5.69 Å². The first-order chi connectivity index (χ1) is 13.3. The van der Waals surface area contributed by atoms with Crippen LogP contribution in [0.2, 0.25) is 0 Å². The summed E-state index contributed by atoms with van der Waals surface area (Å²) in [5.74, 6) is -0.140. The van der Waals surface area contributed by atoms with E-state index in [0.29, 0.717) is 16.6 Å². The lowest BCUT2D eigenvalue weighted by molar-refractivity contribution is -0.114. The number of carbonyl (C=O) groups is 1. The Labute approximate surface area is 163 Å². The molecule has 1 atom stereocenters. The van der Waals surface area contributed by atoms with Crippen LogP contribution in [-0.2, 0) is 4.79 Å². The van der Waals surface area contributed by atoms with Crippen molar-refractivity contribution in [3.05, 3.63) is 60.4 Å². The molecule has 0 unspecified atom stereocenters. The van der Waals surface area contributed by atoms with E-state index in [1.807, 2.05) is 36.4 Å². The molecule has 1 aliphatic heterocycles. The number of thioether (sulfide) groups is 1. The molecule has 6 nitrogen and oxygen atoms in total. The van der Waals surface area contributed by atoms with Gasteiger partial charge in [-0.1, -0.05) is 61.9 Å². The Morgan fingerprint density at radius 2 is 2.07 bits per heavy atom. The molecule has 0 bridgehead atoms. The number of pyridine rings is 1. The normalized spacial score (nSPS) is 17.9. The Hall–Kier alpha value is -2.67. The van der Waals surface area contributed by atoms with Crippen molar-refractivity contribution in [3.8, 4) is 0 Å². The van der Waals surface area contributed by atoms with Crippen LogP contribution >= 0.6 is 11.8 Å². The van der Waals surface area contributed by atoms with E-state index >= 15 is 0 Å². The van der Waals surface area contributed by atoms with Gasteiger partial charge in [0.25, 0.3) is 0 Å². The molecule has 2 aromatic rings. The number of amidine groups is 1. The number of unbranched alkanes of at least 4 members (excludes halogenated alkanes) is 2. The molecular weight excluding hydrogens is 358 g/mol. The van der Waals surface area contributed by atoms with Gasteiger partial charge in [0.2, 0.25) is 5.91 Å². The highest BCUT2D eigenvalue weighted by Gasteiger charge is 2.31. The number of aliphatic imine (C=N–C) groups is 1.